The molecule has 2 amide bonds. The van der Waals surface area contributed by atoms with E-state index in [0.29, 0.717) is 17.1 Å². The Morgan fingerprint density at radius 2 is 1.95 bits per heavy atom. The van der Waals surface area contributed by atoms with E-state index in [1.54, 1.807) is 19.1 Å². The maximum absolute atomic E-state index is 12.0. The number of anilines is 1. The first-order valence-corrected chi connectivity index (χ1v) is 6.80. The summed E-state index contributed by atoms with van der Waals surface area (Å²) < 4.78 is 17.2. The van der Waals surface area contributed by atoms with Crippen molar-refractivity contribution < 1.29 is 18.5 Å². The van der Waals surface area contributed by atoms with E-state index in [-0.39, 0.29) is 13.0 Å². The van der Waals surface area contributed by atoms with Gasteiger partial charge in [0.15, 0.2) is 5.76 Å². The molecule has 0 saturated heterocycles. The van der Waals surface area contributed by atoms with E-state index in [1.165, 1.54) is 0 Å². The van der Waals surface area contributed by atoms with Crippen LogP contribution >= 0.6 is 0 Å². The molecule has 0 aliphatic heterocycles. The lowest BCUT2D eigenvalue weighted by molar-refractivity contribution is -0.136. The Balaban J connectivity index is 2.11. The van der Waals surface area contributed by atoms with Crippen molar-refractivity contribution in [3.63, 3.8) is 0 Å². The van der Waals surface area contributed by atoms with Crippen molar-refractivity contribution in [2.24, 2.45) is 0 Å². The summed E-state index contributed by atoms with van der Waals surface area (Å²) in [5, 5.41) is 8.63. The third-order valence-corrected chi connectivity index (χ3v) is 2.94. The second kappa shape index (κ2) is 7.35. The summed E-state index contributed by atoms with van der Waals surface area (Å²) in [6.45, 7) is 1.22. The van der Waals surface area contributed by atoms with Gasteiger partial charge in [0, 0.05) is 12.1 Å². The molecule has 0 spiro atoms. The number of rotatable bonds is 5. The Labute approximate surface area is 126 Å². The molecule has 0 bridgehead atoms. The number of alkyl halides is 1. The van der Waals surface area contributed by atoms with Gasteiger partial charge in [-0.15, -0.1) is 0 Å². The second-order valence-electron chi connectivity index (χ2n) is 4.59. The van der Waals surface area contributed by atoms with E-state index >= 15 is 0 Å². The summed E-state index contributed by atoms with van der Waals surface area (Å²) in [7, 11) is 0. The van der Waals surface area contributed by atoms with E-state index in [9.17, 15) is 14.0 Å². The number of aromatic nitrogens is 1. The molecule has 2 rings (SSSR count). The van der Waals surface area contributed by atoms with Gasteiger partial charge in [0.25, 0.3) is 0 Å². The zero-order valence-electron chi connectivity index (χ0n) is 12.1. The van der Waals surface area contributed by atoms with Crippen LogP contribution < -0.4 is 10.6 Å². The van der Waals surface area contributed by atoms with Crippen LogP contribution in [-0.4, -0.2) is 30.2 Å². The van der Waals surface area contributed by atoms with Gasteiger partial charge >= 0.3 is 11.8 Å². The van der Waals surface area contributed by atoms with Crippen LogP contribution in [-0.2, 0) is 9.59 Å². The van der Waals surface area contributed by atoms with Crippen LogP contribution in [0.2, 0.25) is 0 Å². The van der Waals surface area contributed by atoms with Gasteiger partial charge in [0.1, 0.15) is 11.4 Å². The minimum atomic E-state index is -0.845. The fourth-order valence-electron chi connectivity index (χ4n) is 1.82. The molecule has 22 heavy (non-hydrogen) atoms. The Morgan fingerprint density at radius 1 is 1.23 bits per heavy atom. The van der Waals surface area contributed by atoms with Crippen molar-refractivity contribution in [1.29, 1.82) is 0 Å². The Hall–Kier alpha value is -2.70. The average molecular weight is 305 g/mol. The van der Waals surface area contributed by atoms with Crippen LogP contribution in [0.3, 0.4) is 0 Å². The molecule has 1 aromatic carbocycles. The fraction of sp³-hybridized carbons (Fsp3) is 0.267. The lowest BCUT2D eigenvalue weighted by Crippen LogP contribution is -2.36. The van der Waals surface area contributed by atoms with Crippen LogP contribution in [0.5, 0.6) is 0 Å². The van der Waals surface area contributed by atoms with Gasteiger partial charge in [0.05, 0.1) is 6.67 Å². The van der Waals surface area contributed by atoms with Crippen molar-refractivity contribution in [3.8, 4) is 11.3 Å². The van der Waals surface area contributed by atoms with E-state index < -0.39 is 18.5 Å². The molecule has 0 atom stereocenters. The first-order chi connectivity index (χ1) is 10.6. The highest BCUT2D eigenvalue weighted by Gasteiger charge is 2.20. The van der Waals surface area contributed by atoms with Crippen LogP contribution in [0.1, 0.15) is 12.1 Å². The van der Waals surface area contributed by atoms with Crippen molar-refractivity contribution >= 4 is 17.5 Å². The summed E-state index contributed by atoms with van der Waals surface area (Å²) in [4.78, 5) is 23.5. The predicted octanol–water partition coefficient (Wildman–Crippen LogP) is 2.06. The summed E-state index contributed by atoms with van der Waals surface area (Å²) in [5.74, 6) is -1.29. The lowest BCUT2D eigenvalue weighted by Gasteiger charge is -2.06. The van der Waals surface area contributed by atoms with Crippen LogP contribution in [0, 0.1) is 6.92 Å². The Bertz CT molecular complexity index is 655. The normalized spacial score (nSPS) is 10.3. The monoisotopic (exact) mass is 305 g/mol. The number of aryl methyl sites for hydroxylation is 1. The zero-order valence-corrected chi connectivity index (χ0v) is 12.1. The van der Waals surface area contributed by atoms with Crippen molar-refractivity contribution in [2.75, 3.05) is 18.5 Å². The predicted molar refractivity (Wildman–Crippen MR) is 78.9 cm³/mol. The summed E-state index contributed by atoms with van der Waals surface area (Å²) in [6, 6.07) is 9.10. The highest BCUT2D eigenvalue weighted by Crippen LogP contribution is 2.30. The largest absolute Gasteiger partial charge is 0.354 e. The molecule has 0 aliphatic rings. The number of hydrogen-bond acceptors (Lipinski definition) is 4. The second-order valence-corrected chi connectivity index (χ2v) is 4.59. The van der Waals surface area contributed by atoms with Gasteiger partial charge in [-0.2, -0.15) is 0 Å². The molecule has 0 unspecified atom stereocenters. The molecule has 2 N–H and O–H groups in total. The third-order valence-electron chi connectivity index (χ3n) is 2.94. The maximum Gasteiger partial charge on any atom is 0.313 e. The van der Waals surface area contributed by atoms with E-state index in [1.807, 2.05) is 18.2 Å². The van der Waals surface area contributed by atoms with Gasteiger partial charge in [-0.25, -0.2) is 0 Å². The molecule has 0 radical (unpaired) electrons. The van der Waals surface area contributed by atoms with Crippen LogP contribution in [0.4, 0.5) is 10.1 Å². The minimum absolute atomic E-state index is 0.108. The summed E-state index contributed by atoms with van der Waals surface area (Å²) >= 11 is 0. The van der Waals surface area contributed by atoms with Gasteiger partial charge in [-0.1, -0.05) is 35.5 Å². The van der Waals surface area contributed by atoms with Crippen LogP contribution in [0.25, 0.3) is 11.3 Å². The first kappa shape index (κ1) is 15.7. The van der Waals surface area contributed by atoms with Gasteiger partial charge in [-0.05, 0) is 13.3 Å². The standard InChI is InChI=1S/C15H16FN3O3/c1-10-12(18-15(21)14(20)17-9-5-8-16)13(22-19-10)11-6-3-2-4-7-11/h2-4,6-7H,5,8-9H2,1H3,(H,17,20)(H,18,21). The zero-order chi connectivity index (χ0) is 15.9. The summed E-state index contributed by atoms with van der Waals surface area (Å²) in [6.07, 6.45) is 0.167. The number of amides is 2. The maximum atomic E-state index is 12.0. The number of nitrogens with zero attached hydrogens (tertiary/aromatic N) is 1. The molecule has 0 saturated carbocycles. The fourth-order valence-corrected chi connectivity index (χ4v) is 1.82. The van der Waals surface area contributed by atoms with Crippen molar-refractivity contribution in [3.05, 3.63) is 36.0 Å². The Morgan fingerprint density at radius 3 is 2.64 bits per heavy atom. The van der Waals surface area contributed by atoms with Gasteiger partial charge in [-0.3, -0.25) is 14.0 Å². The third kappa shape index (κ3) is 3.69. The molecule has 1 heterocycles. The highest BCUT2D eigenvalue weighted by atomic mass is 19.1. The number of benzene rings is 1. The molecule has 1 aromatic heterocycles. The average Bonchev–Trinajstić information content (AvgIpc) is 2.89. The SMILES string of the molecule is Cc1noc(-c2ccccc2)c1NC(=O)C(=O)NCCCF. The molecule has 6 nitrogen and oxygen atoms in total. The van der Waals surface area contributed by atoms with E-state index in [0.717, 1.165) is 5.56 Å². The summed E-state index contributed by atoms with van der Waals surface area (Å²) in [5.41, 5.74) is 1.54. The number of carbonyl (C=O) groups excluding carboxylic acids is 2. The number of nitrogens with one attached hydrogen (secondary N) is 2. The highest BCUT2D eigenvalue weighted by molar-refractivity contribution is 6.40. The molecule has 7 heteroatoms. The lowest BCUT2D eigenvalue weighted by atomic mass is 10.1. The van der Waals surface area contributed by atoms with Crippen molar-refractivity contribution in [1.82, 2.24) is 10.5 Å². The smallest absolute Gasteiger partial charge is 0.313 e. The number of hydrogen-bond donors (Lipinski definition) is 2. The molecule has 0 fully saturated rings. The molecular weight excluding hydrogens is 289 g/mol. The Kier molecular flexibility index (Phi) is 5.24. The topological polar surface area (TPSA) is 84.2 Å². The van der Waals surface area contributed by atoms with E-state index in [4.69, 9.17) is 4.52 Å². The van der Waals surface area contributed by atoms with Crippen molar-refractivity contribution in [2.45, 2.75) is 13.3 Å². The molecule has 2 aromatic rings. The molecular formula is C15H16FN3O3. The minimum Gasteiger partial charge on any atom is -0.354 e. The van der Waals surface area contributed by atoms with Gasteiger partial charge in [0.2, 0.25) is 0 Å². The van der Waals surface area contributed by atoms with Gasteiger partial charge < -0.3 is 15.2 Å². The molecule has 0 aliphatic carbocycles. The van der Waals surface area contributed by atoms with E-state index in [2.05, 4.69) is 15.8 Å². The first-order valence-electron chi connectivity index (χ1n) is 6.80. The van der Waals surface area contributed by atoms with Crippen LogP contribution in [0.15, 0.2) is 34.9 Å². The number of carbonyl (C=O) groups is 2. The quantitative estimate of drug-likeness (QED) is 0.654. The molecule has 116 valence electrons. The number of halogens is 1.